The minimum atomic E-state index is 0.301. The van der Waals surface area contributed by atoms with E-state index >= 15 is 0 Å². The second-order valence-corrected chi connectivity index (χ2v) is 7.00. The fourth-order valence-electron chi connectivity index (χ4n) is 2.72. The lowest BCUT2D eigenvalue weighted by atomic mass is 9.93. The molecule has 0 saturated carbocycles. The molecular weight excluding hydrogens is 429 g/mol. The number of para-hydroxylation sites is 1. The third-order valence-electron chi connectivity index (χ3n) is 3.67. The highest BCUT2D eigenvalue weighted by atomic mass is 127. The highest BCUT2D eigenvalue weighted by Crippen LogP contribution is 2.40. The van der Waals surface area contributed by atoms with Gasteiger partial charge < -0.3 is 10.1 Å². The summed E-state index contributed by atoms with van der Waals surface area (Å²) in [7, 11) is 1.73. The highest BCUT2D eigenvalue weighted by Gasteiger charge is 2.23. The molecule has 1 aliphatic rings. The second-order valence-electron chi connectivity index (χ2n) is 4.90. The summed E-state index contributed by atoms with van der Waals surface area (Å²) in [6.45, 7) is 0. The number of benzene rings is 2. The molecule has 0 amide bonds. The van der Waals surface area contributed by atoms with Crippen LogP contribution in [0, 0.1) is 3.57 Å². The molecule has 0 aliphatic carbocycles. The number of nitrogens with one attached hydrogen (secondary N) is 1. The number of anilines is 1. The molecule has 1 N–H and O–H groups in total. The third kappa shape index (κ3) is 2.68. The molecule has 1 unspecified atom stereocenters. The van der Waals surface area contributed by atoms with Gasteiger partial charge in [-0.1, -0.05) is 18.2 Å². The van der Waals surface area contributed by atoms with Crippen LogP contribution in [0.2, 0.25) is 0 Å². The molecule has 0 bridgehead atoms. The SMILES string of the molecule is COc1ccccc1C1CCc2cc(I)cc(Br)c2N1. The first-order valence-electron chi connectivity index (χ1n) is 6.56. The molecule has 2 aromatic rings. The molecule has 1 atom stereocenters. The molecule has 2 aromatic carbocycles. The number of hydrogen-bond donors (Lipinski definition) is 1. The van der Waals surface area contributed by atoms with E-state index in [0.29, 0.717) is 6.04 Å². The number of aryl methyl sites for hydroxylation is 1. The maximum absolute atomic E-state index is 5.48. The van der Waals surface area contributed by atoms with Gasteiger partial charge in [-0.05, 0) is 75.1 Å². The number of rotatable bonds is 2. The molecule has 0 radical (unpaired) electrons. The molecule has 1 aliphatic heterocycles. The first-order chi connectivity index (χ1) is 9.69. The van der Waals surface area contributed by atoms with Gasteiger partial charge in [0.05, 0.1) is 18.8 Å². The van der Waals surface area contributed by atoms with E-state index in [4.69, 9.17) is 4.74 Å². The maximum Gasteiger partial charge on any atom is 0.124 e. The predicted octanol–water partition coefficient (Wildman–Crippen LogP) is 5.16. The lowest BCUT2D eigenvalue weighted by Crippen LogP contribution is -2.19. The molecule has 1 heterocycles. The quantitative estimate of drug-likeness (QED) is 0.647. The van der Waals surface area contributed by atoms with E-state index in [1.54, 1.807) is 7.11 Å². The van der Waals surface area contributed by atoms with E-state index in [1.165, 1.54) is 20.4 Å². The molecule has 0 saturated heterocycles. The van der Waals surface area contributed by atoms with Crippen molar-refractivity contribution in [3.8, 4) is 5.75 Å². The van der Waals surface area contributed by atoms with E-state index in [2.05, 4.69) is 68.1 Å². The van der Waals surface area contributed by atoms with Crippen molar-refractivity contribution >= 4 is 44.2 Å². The molecule has 4 heteroatoms. The minimum Gasteiger partial charge on any atom is -0.496 e. The van der Waals surface area contributed by atoms with Crippen molar-refractivity contribution in [2.24, 2.45) is 0 Å². The minimum absolute atomic E-state index is 0.301. The fourth-order valence-corrected chi connectivity index (χ4v) is 4.45. The van der Waals surface area contributed by atoms with Gasteiger partial charge in [0.2, 0.25) is 0 Å². The number of hydrogen-bond acceptors (Lipinski definition) is 2. The van der Waals surface area contributed by atoms with E-state index in [9.17, 15) is 0 Å². The van der Waals surface area contributed by atoms with Crippen molar-refractivity contribution in [2.45, 2.75) is 18.9 Å². The number of methoxy groups -OCH3 is 1. The first-order valence-corrected chi connectivity index (χ1v) is 8.43. The number of fused-ring (bicyclic) bond motifs is 1. The van der Waals surface area contributed by atoms with Crippen LogP contribution in [-0.2, 0) is 6.42 Å². The van der Waals surface area contributed by atoms with Gasteiger partial charge >= 0.3 is 0 Å². The van der Waals surface area contributed by atoms with Crippen LogP contribution < -0.4 is 10.1 Å². The molecule has 104 valence electrons. The zero-order chi connectivity index (χ0) is 14.1. The van der Waals surface area contributed by atoms with Crippen LogP contribution in [0.25, 0.3) is 0 Å². The van der Waals surface area contributed by atoms with Crippen LogP contribution in [0.5, 0.6) is 5.75 Å². The van der Waals surface area contributed by atoms with Crippen molar-refractivity contribution in [1.82, 2.24) is 0 Å². The van der Waals surface area contributed by atoms with Crippen LogP contribution in [0.4, 0.5) is 5.69 Å². The van der Waals surface area contributed by atoms with E-state index in [-0.39, 0.29) is 0 Å². The zero-order valence-electron chi connectivity index (χ0n) is 11.1. The second kappa shape index (κ2) is 5.93. The Labute approximate surface area is 141 Å². The summed E-state index contributed by atoms with van der Waals surface area (Å²) in [4.78, 5) is 0. The van der Waals surface area contributed by atoms with Gasteiger partial charge in [-0.3, -0.25) is 0 Å². The van der Waals surface area contributed by atoms with Crippen molar-refractivity contribution in [3.63, 3.8) is 0 Å². The maximum atomic E-state index is 5.48. The van der Waals surface area contributed by atoms with Gasteiger partial charge in [-0.15, -0.1) is 0 Å². The summed E-state index contributed by atoms with van der Waals surface area (Å²) in [5.41, 5.74) is 3.83. The number of halogens is 2. The van der Waals surface area contributed by atoms with Gasteiger partial charge in [0.25, 0.3) is 0 Å². The Bertz CT molecular complexity index is 644. The Hall–Kier alpha value is -0.750. The normalized spacial score (nSPS) is 17.2. The van der Waals surface area contributed by atoms with Gasteiger partial charge in [0.15, 0.2) is 0 Å². The summed E-state index contributed by atoms with van der Waals surface area (Å²) in [6.07, 6.45) is 2.17. The van der Waals surface area contributed by atoms with E-state index in [0.717, 1.165) is 23.1 Å². The summed E-state index contributed by atoms with van der Waals surface area (Å²) in [5, 5.41) is 3.65. The first kappa shape index (κ1) is 14.2. The van der Waals surface area contributed by atoms with Gasteiger partial charge in [-0.2, -0.15) is 0 Å². The van der Waals surface area contributed by atoms with Crippen LogP contribution in [0.1, 0.15) is 23.6 Å². The largest absolute Gasteiger partial charge is 0.496 e. The molecule has 0 spiro atoms. The van der Waals surface area contributed by atoms with Crippen molar-refractivity contribution in [3.05, 3.63) is 55.6 Å². The fraction of sp³-hybridized carbons (Fsp3) is 0.250. The topological polar surface area (TPSA) is 21.3 Å². The molecule has 0 fully saturated rings. The lowest BCUT2D eigenvalue weighted by Gasteiger charge is -2.29. The smallest absolute Gasteiger partial charge is 0.124 e. The molecular formula is C16H15BrINO. The van der Waals surface area contributed by atoms with Crippen LogP contribution >= 0.6 is 38.5 Å². The molecule has 2 nitrogen and oxygen atoms in total. The molecule has 0 aromatic heterocycles. The average molecular weight is 444 g/mol. The third-order valence-corrected chi connectivity index (χ3v) is 4.92. The predicted molar refractivity (Wildman–Crippen MR) is 94.5 cm³/mol. The monoisotopic (exact) mass is 443 g/mol. The van der Waals surface area contributed by atoms with Crippen LogP contribution in [0.15, 0.2) is 40.9 Å². The summed E-state index contributed by atoms with van der Waals surface area (Å²) in [6, 6.07) is 12.9. The Morgan fingerprint density at radius 3 is 2.90 bits per heavy atom. The Kier molecular flexibility index (Phi) is 4.21. The molecule has 3 rings (SSSR count). The Morgan fingerprint density at radius 1 is 1.30 bits per heavy atom. The van der Waals surface area contributed by atoms with Gasteiger partial charge in [-0.25, -0.2) is 0 Å². The Morgan fingerprint density at radius 2 is 2.10 bits per heavy atom. The summed E-state index contributed by atoms with van der Waals surface area (Å²) < 4.78 is 7.89. The van der Waals surface area contributed by atoms with Crippen molar-refractivity contribution < 1.29 is 4.74 Å². The molecule has 20 heavy (non-hydrogen) atoms. The average Bonchev–Trinajstić information content (AvgIpc) is 2.47. The number of ether oxygens (including phenoxy) is 1. The summed E-state index contributed by atoms with van der Waals surface area (Å²) >= 11 is 6.03. The Balaban J connectivity index is 1.96. The van der Waals surface area contributed by atoms with Gasteiger partial charge in [0, 0.05) is 13.6 Å². The van der Waals surface area contributed by atoms with Gasteiger partial charge in [0.1, 0.15) is 5.75 Å². The summed E-state index contributed by atoms with van der Waals surface area (Å²) in [5.74, 6) is 0.954. The lowest BCUT2D eigenvalue weighted by molar-refractivity contribution is 0.405. The standard InChI is InChI=1S/C16H15BrINO/c1-20-15-5-3-2-4-12(15)14-7-6-10-8-11(18)9-13(17)16(10)19-14/h2-5,8-9,14,19H,6-7H2,1H3. The highest BCUT2D eigenvalue weighted by molar-refractivity contribution is 14.1. The van der Waals surface area contributed by atoms with Crippen LogP contribution in [0.3, 0.4) is 0 Å². The van der Waals surface area contributed by atoms with E-state index in [1.807, 2.05) is 12.1 Å². The van der Waals surface area contributed by atoms with Crippen LogP contribution in [-0.4, -0.2) is 7.11 Å². The van der Waals surface area contributed by atoms with E-state index < -0.39 is 0 Å². The van der Waals surface area contributed by atoms with Crippen molar-refractivity contribution in [2.75, 3.05) is 12.4 Å². The zero-order valence-corrected chi connectivity index (χ0v) is 14.9. The van der Waals surface area contributed by atoms with Crippen molar-refractivity contribution in [1.29, 1.82) is 0 Å².